The molecule has 0 aliphatic carbocycles. The Morgan fingerprint density at radius 3 is 2.71 bits per heavy atom. The van der Waals surface area contributed by atoms with Crippen LogP contribution in [0.2, 0.25) is 5.15 Å². The van der Waals surface area contributed by atoms with E-state index in [1.165, 1.54) is 0 Å². The van der Waals surface area contributed by atoms with Crippen molar-refractivity contribution in [2.24, 2.45) is 18.9 Å². The van der Waals surface area contributed by atoms with Crippen LogP contribution in [0.25, 0.3) is 0 Å². The number of sulfone groups is 1. The average molecular weight is 334 g/mol. The molecule has 120 valence electrons. The Bertz CT molecular complexity index is 598. The smallest absolute Gasteiger partial charge is 0.150 e. The fourth-order valence-corrected chi connectivity index (χ4v) is 5.27. The van der Waals surface area contributed by atoms with Crippen molar-refractivity contribution < 1.29 is 8.42 Å². The van der Waals surface area contributed by atoms with Crippen LogP contribution in [0.4, 0.5) is 0 Å². The quantitative estimate of drug-likeness (QED) is 0.858. The summed E-state index contributed by atoms with van der Waals surface area (Å²) in [4.78, 5) is 0. The zero-order chi connectivity index (χ0) is 15.6. The minimum atomic E-state index is -2.85. The SMILES string of the molecule is CCNCC(Cc1c(C)nn(C)c1Cl)C1CCS(=O)(=O)C1. The first-order valence-corrected chi connectivity index (χ1v) is 9.63. The summed E-state index contributed by atoms with van der Waals surface area (Å²) in [7, 11) is -1.02. The summed E-state index contributed by atoms with van der Waals surface area (Å²) in [6.07, 6.45) is 1.54. The topological polar surface area (TPSA) is 64.0 Å². The normalized spacial score (nSPS) is 22.6. The lowest BCUT2D eigenvalue weighted by atomic mass is 9.86. The van der Waals surface area contributed by atoms with Crippen molar-refractivity contribution in [3.8, 4) is 0 Å². The molecule has 0 spiro atoms. The fraction of sp³-hybridized carbons (Fsp3) is 0.786. The average Bonchev–Trinajstić information content (AvgIpc) is 2.88. The molecule has 1 N–H and O–H groups in total. The highest BCUT2D eigenvalue weighted by Gasteiger charge is 2.34. The maximum atomic E-state index is 11.7. The van der Waals surface area contributed by atoms with Gasteiger partial charge in [0.25, 0.3) is 0 Å². The van der Waals surface area contributed by atoms with Crippen molar-refractivity contribution in [2.45, 2.75) is 26.7 Å². The summed E-state index contributed by atoms with van der Waals surface area (Å²) in [5, 5.41) is 8.36. The molecule has 2 rings (SSSR count). The van der Waals surface area contributed by atoms with Crippen LogP contribution in [0.15, 0.2) is 0 Å². The van der Waals surface area contributed by atoms with E-state index in [0.717, 1.165) is 37.2 Å². The number of halogens is 1. The van der Waals surface area contributed by atoms with Crippen LogP contribution in [-0.2, 0) is 23.3 Å². The molecular weight excluding hydrogens is 310 g/mol. The van der Waals surface area contributed by atoms with E-state index in [1.54, 1.807) is 4.68 Å². The predicted molar refractivity (Wildman–Crippen MR) is 85.5 cm³/mol. The minimum Gasteiger partial charge on any atom is -0.317 e. The highest BCUT2D eigenvalue weighted by atomic mass is 35.5. The molecule has 1 aromatic heterocycles. The van der Waals surface area contributed by atoms with Gasteiger partial charge in [0.15, 0.2) is 9.84 Å². The maximum absolute atomic E-state index is 11.7. The number of nitrogens with zero attached hydrogens (tertiary/aromatic N) is 2. The maximum Gasteiger partial charge on any atom is 0.150 e. The van der Waals surface area contributed by atoms with Crippen molar-refractivity contribution in [3.05, 3.63) is 16.4 Å². The predicted octanol–water partition coefficient (Wildman–Crippen LogP) is 1.58. The van der Waals surface area contributed by atoms with Crippen molar-refractivity contribution in [2.75, 3.05) is 24.6 Å². The van der Waals surface area contributed by atoms with Crippen LogP contribution in [0.3, 0.4) is 0 Å². The molecule has 21 heavy (non-hydrogen) atoms. The van der Waals surface area contributed by atoms with Gasteiger partial charge in [-0.25, -0.2) is 8.42 Å². The first kappa shape index (κ1) is 16.8. The van der Waals surface area contributed by atoms with Crippen LogP contribution in [0.1, 0.15) is 24.6 Å². The largest absolute Gasteiger partial charge is 0.317 e. The molecule has 2 heterocycles. The van der Waals surface area contributed by atoms with Crippen LogP contribution >= 0.6 is 11.6 Å². The number of nitrogens with one attached hydrogen (secondary N) is 1. The van der Waals surface area contributed by atoms with Crippen LogP contribution in [0, 0.1) is 18.8 Å². The second-order valence-corrected chi connectivity index (χ2v) is 8.50. The summed E-state index contributed by atoms with van der Waals surface area (Å²) < 4.78 is 25.2. The molecule has 5 nitrogen and oxygen atoms in total. The summed E-state index contributed by atoms with van der Waals surface area (Å²) >= 11 is 6.32. The molecule has 2 atom stereocenters. The van der Waals surface area contributed by atoms with E-state index in [0.29, 0.717) is 16.7 Å². The van der Waals surface area contributed by atoms with Gasteiger partial charge in [-0.15, -0.1) is 0 Å². The Morgan fingerprint density at radius 1 is 1.52 bits per heavy atom. The molecule has 1 saturated heterocycles. The number of rotatable bonds is 6. The Balaban J connectivity index is 2.16. The van der Waals surface area contributed by atoms with E-state index in [1.807, 2.05) is 14.0 Å². The van der Waals surface area contributed by atoms with Gasteiger partial charge < -0.3 is 5.32 Å². The first-order valence-electron chi connectivity index (χ1n) is 7.43. The summed E-state index contributed by atoms with van der Waals surface area (Å²) in [6.45, 7) is 5.72. The zero-order valence-corrected chi connectivity index (χ0v) is 14.5. The molecule has 0 aromatic carbocycles. The minimum absolute atomic E-state index is 0.213. The number of aromatic nitrogens is 2. The molecule has 1 aliphatic heterocycles. The van der Waals surface area contributed by atoms with Crippen molar-refractivity contribution in [3.63, 3.8) is 0 Å². The van der Waals surface area contributed by atoms with E-state index < -0.39 is 9.84 Å². The number of aryl methyl sites for hydroxylation is 2. The Kier molecular flexibility index (Phi) is 5.33. The molecule has 2 unspecified atom stereocenters. The lowest BCUT2D eigenvalue weighted by molar-refractivity contribution is 0.345. The van der Waals surface area contributed by atoms with E-state index in [2.05, 4.69) is 17.3 Å². The second kappa shape index (κ2) is 6.67. The lowest BCUT2D eigenvalue weighted by Gasteiger charge is -2.23. The van der Waals surface area contributed by atoms with Crippen LogP contribution < -0.4 is 5.32 Å². The molecule has 0 saturated carbocycles. The van der Waals surface area contributed by atoms with Gasteiger partial charge in [0.1, 0.15) is 5.15 Å². The monoisotopic (exact) mass is 333 g/mol. The van der Waals surface area contributed by atoms with E-state index >= 15 is 0 Å². The Morgan fingerprint density at radius 2 is 2.24 bits per heavy atom. The van der Waals surface area contributed by atoms with Crippen molar-refractivity contribution >= 4 is 21.4 Å². The van der Waals surface area contributed by atoms with Crippen LogP contribution in [-0.4, -0.2) is 42.8 Å². The highest BCUT2D eigenvalue weighted by molar-refractivity contribution is 7.91. The zero-order valence-electron chi connectivity index (χ0n) is 12.9. The third kappa shape index (κ3) is 3.99. The molecule has 0 amide bonds. The molecule has 1 aromatic rings. The molecule has 0 radical (unpaired) electrons. The molecule has 1 aliphatic rings. The molecular formula is C14H24ClN3O2S. The first-order chi connectivity index (χ1) is 9.84. The molecule has 1 fully saturated rings. The summed E-state index contributed by atoms with van der Waals surface area (Å²) in [5.41, 5.74) is 1.98. The van der Waals surface area contributed by atoms with Crippen LogP contribution in [0.5, 0.6) is 0 Å². The van der Waals surface area contributed by atoms with Gasteiger partial charge in [-0.3, -0.25) is 4.68 Å². The standard InChI is InChI=1S/C14H24ClN3O2S/c1-4-16-8-12(11-5-6-21(19,20)9-11)7-13-10(2)17-18(3)14(13)15/h11-12,16H,4-9H2,1-3H3. The van der Waals surface area contributed by atoms with Gasteiger partial charge in [0.05, 0.1) is 17.2 Å². The van der Waals surface area contributed by atoms with E-state index in [-0.39, 0.29) is 11.8 Å². The Hall–Kier alpha value is -0.590. The van der Waals surface area contributed by atoms with E-state index in [4.69, 9.17) is 11.6 Å². The van der Waals surface area contributed by atoms with Gasteiger partial charge >= 0.3 is 0 Å². The van der Waals surface area contributed by atoms with Gasteiger partial charge in [-0.1, -0.05) is 18.5 Å². The summed E-state index contributed by atoms with van der Waals surface area (Å²) in [5.74, 6) is 1.12. The number of hydrogen-bond acceptors (Lipinski definition) is 4. The highest BCUT2D eigenvalue weighted by Crippen LogP contribution is 2.31. The molecule has 0 bridgehead atoms. The van der Waals surface area contributed by atoms with Crippen molar-refractivity contribution in [1.29, 1.82) is 0 Å². The summed E-state index contributed by atoms with van der Waals surface area (Å²) in [6, 6.07) is 0. The third-order valence-electron chi connectivity index (χ3n) is 4.33. The lowest BCUT2D eigenvalue weighted by Crippen LogP contribution is -2.30. The van der Waals surface area contributed by atoms with E-state index in [9.17, 15) is 8.42 Å². The van der Waals surface area contributed by atoms with Gasteiger partial charge in [-0.05, 0) is 44.7 Å². The van der Waals surface area contributed by atoms with Gasteiger partial charge in [0.2, 0.25) is 0 Å². The Labute approximate surface area is 132 Å². The van der Waals surface area contributed by atoms with Gasteiger partial charge in [-0.2, -0.15) is 5.10 Å². The second-order valence-electron chi connectivity index (χ2n) is 5.91. The molecule has 7 heteroatoms. The fourth-order valence-electron chi connectivity index (χ4n) is 3.10. The third-order valence-corrected chi connectivity index (χ3v) is 6.59. The van der Waals surface area contributed by atoms with Gasteiger partial charge in [0, 0.05) is 12.6 Å². The van der Waals surface area contributed by atoms with Crippen molar-refractivity contribution in [1.82, 2.24) is 15.1 Å². The number of hydrogen-bond donors (Lipinski definition) is 1.